The summed E-state index contributed by atoms with van der Waals surface area (Å²) in [5, 5.41) is 8.96. The fourth-order valence-electron chi connectivity index (χ4n) is 8.81. The number of nitrogen functional groups attached to an aromatic ring is 2. The van der Waals surface area contributed by atoms with Crippen molar-refractivity contribution in [1.82, 2.24) is 39.9 Å². The van der Waals surface area contributed by atoms with Gasteiger partial charge in [-0.3, -0.25) is 15.0 Å². The molecule has 0 saturated heterocycles. The SMILES string of the molecule is C.C.COC(OC)C(C)Cl.COC(OC)C(C)c1c(N)nc(-c2ccccc2)[nH]c1=O.Cc1[nH]c2nc(-c3ccccc3)nc(Cl)c2c1C.Cc1c[nH]c2nc(-c3ccccc3)[nH]c(=O)c12.N=C(N)c1ccccc1.[C-]#[N+]C(C(=O)OC)C(C)C(OC)OC.[C-]#[N+]CC(=O)OCC. The van der Waals surface area contributed by atoms with Crippen molar-refractivity contribution >= 4 is 68.9 Å². The van der Waals surface area contributed by atoms with E-state index in [2.05, 4.69) is 59.0 Å². The maximum absolute atomic E-state index is 12.3. The quantitative estimate of drug-likeness (QED) is 0.00798. The first-order valence-corrected chi connectivity index (χ1v) is 30.1. The molecule has 0 aliphatic carbocycles. The third-order valence-electron chi connectivity index (χ3n) is 13.7. The Morgan fingerprint density at radius 2 is 1.11 bits per heavy atom. The maximum atomic E-state index is 12.3. The molecule has 0 aliphatic rings. The zero-order valence-corrected chi connectivity index (χ0v) is 57.1. The fourth-order valence-corrected chi connectivity index (χ4v) is 9.33. The predicted molar refractivity (Wildman–Crippen MR) is 383 cm³/mol. The van der Waals surface area contributed by atoms with Gasteiger partial charge in [0.15, 0.2) is 24.7 Å². The van der Waals surface area contributed by atoms with E-state index in [-0.39, 0.29) is 67.7 Å². The monoisotopic (exact) mass is 1380 g/mol. The topological polar surface area (TPSA) is 341 Å². The van der Waals surface area contributed by atoms with Crippen LogP contribution >= 0.6 is 23.2 Å². The highest BCUT2D eigenvalue weighted by Gasteiger charge is 2.37. The highest BCUT2D eigenvalue weighted by atomic mass is 35.5. The molecule has 9 N–H and O–H groups in total. The zero-order valence-electron chi connectivity index (χ0n) is 55.6. The van der Waals surface area contributed by atoms with E-state index in [4.69, 9.17) is 81.6 Å². The van der Waals surface area contributed by atoms with Crippen LogP contribution in [0.15, 0.2) is 137 Å². The van der Waals surface area contributed by atoms with Crippen LogP contribution in [0, 0.1) is 45.2 Å². The number of alkyl halides is 1. The van der Waals surface area contributed by atoms with Crippen LogP contribution < -0.4 is 22.6 Å². The van der Waals surface area contributed by atoms with Crippen molar-refractivity contribution in [3.63, 3.8) is 0 Å². The molecule has 0 radical (unpaired) electrons. The summed E-state index contributed by atoms with van der Waals surface area (Å²) in [7, 11) is 10.3. The summed E-state index contributed by atoms with van der Waals surface area (Å²) in [6.07, 6.45) is 0.379. The van der Waals surface area contributed by atoms with Gasteiger partial charge in [-0.05, 0) is 52.7 Å². The number of anilines is 1. The summed E-state index contributed by atoms with van der Waals surface area (Å²) in [4.78, 5) is 81.1. The number of rotatable bonds is 18. The van der Waals surface area contributed by atoms with Crippen molar-refractivity contribution < 1.29 is 47.5 Å². The second kappa shape index (κ2) is 44.9. The average molecular weight is 1380 g/mol. The van der Waals surface area contributed by atoms with Crippen molar-refractivity contribution in [3.05, 3.63) is 204 Å². The Kier molecular flexibility index (Phi) is 39.5. The van der Waals surface area contributed by atoms with Crippen molar-refractivity contribution in [2.75, 3.05) is 68.7 Å². The van der Waals surface area contributed by atoms with Crippen molar-refractivity contribution in [1.29, 1.82) is 5.41 Å². The molecule has 5 heterocycles. The van der Waals surface area contributed by atoms with Crippen molar-refractivity contribution in [2.45, 2.75) is 99.5 Å². The first-order valence-electron chi connectivity index (χ1n) is 29.3. The molecule has 27 heteroatoms. The molecule has 25 nitrogen and oxygen atoms in total. The summed E-state index contributed by atoms with van der Waals surface area (Å²) in [5.41, 5.74) is 19.1. The number of carbonyl (C=O) groups excluding carboxylic acids is 2. The number of H-pyrrole nitrogens is 4. The first-order chi connectivity index (χ1) is 45.4. The molecule has 0 aliphatic heterocycles. The molecule has 5 aromatic heterocycles. The Bertz CT molecular complexity index is 4000. The van der Waals surface area contributed by atoms with Gasteiger partial charge in [-0.15, -0.1) is 11.6 Å². The lowest BCUT2D eigenvalue weighted by Gasteiger charge is -2.21. The number of aromatic nitrogens is 8. The molecule has 4 aromatic carbocycles. The zero-order chi connectivity index (χ0) is 70.7. The largest absolute Gasteiger partial charge is 0.463 e. The van der Waals surface area contributed by atoms with E-state index in [1.807, 2.05) is 156 Å². The van der Waals surface area contributed by atoms with E-state index >= 15 is 0 Å². The van der Waals surface area contributed by atoms with Gasteiger partial charge in [0.1, 0.15) is 39.7 Å². The highest BCUT2D eigenvalue weighted by molar-refractivity contribution is 6.34. The molecule has 4 atom stereocenters. The number of nitrogens with one attached hydrogen (secondary N) is 5. The van der Waals surface area contributed by atoms with Crippen LogP contribution in [-0.2, 0) is 47.5 Å². The molecule has 0 bridgehead atoms. The number of methoxy groups -OCH3 is 7. The third kappa shape index (κ3) is 26.1. The molecule has 9 aromatic rings. The van der Waals surface area contributed by atoms with Crippen LogP contribution in [0.3, 0.4) is 0 Å². The Morgan fingerprint density at radius 3 is 1.53 bits per heavy atom. The van der Waals surface area contributed by atoms with Crippen LogP contribution in [0.4, 0.5) is 5.82 Å². The van der Waals surface area contributed by atoms with Gasteiger partial charge in [0, 0.05) is 82.7 Å². The number of esters is 2. The number of aryl methyl sites for hydroxylation is 3. The van der Waals surface area contributed by atoms with Crippen molar-refractivity contribution in [3.8, 4) is 34.2 Å². The number of carbonyl (C=O) groups is 2. The standard InChI is InChI=1S/C15H19N3O3.C14H12ClN3.C13H11N3O.C9H15NO4.C7H8N2.C5H11ClO2.C5H7NO2.2CH4/c1-9(15(20-2)21-3)11-12(16)17-13(18-14(11)19)10-7-5-4-6-8-10;1-8-9(2)16-14-11(8)12(15)17-13(18-14)10-6-4-3-5-7-10;1-8-7-14-12-10(8)13(17)16-11(15-12)9-5-3-2-4-6-9;1-6(9(13-4)14-5)7(10-2)8(11)12-3;8-7(9)6-4-2-1-3-5-6;1-4(6)5(7-2)8-3;1-3-8-5(7)4-6-2;;/h4-9,15H,1-3H3,(H3,16,17,18,19);3-7H,1-2H3,(H,16,17,18);2-7H,1H3,(H2,14,15,16,17);6-7,9H,1,3-5H3;1-5H,(H3,8,9);4-5H,1-3H3;3-4H2,1H3;2*1H4. The molecule has 4 unspecified atom stereocenters. The number of hydrogen-bond donors (Lipinski definition) is 7. The van der Waals surface area contributed by atoms with Gasteiger partial charge >= 0.3 is 24.5 Å². The average Bonchev–Trinajstić information content (AvgIpc) is 1.71. The predicted octanol–water partition coefficient (Wildman–Crippen LogP) is 12.5. The van der Waals surface area contributed by atoms with E-state index in [0.717, 1.165) is 50.1 Å². The van der Waals surface area contributed by atoms with Crippen LogP contribution in [-0.4, -0.2) is 151 Å². The highest BCUT2D eigenvalue weighted by Crippen LogP contribution is 2.29. The maximum Gasteiger partial charge on any atom is 0.390 e. The first kappa shape index (κ1) is 85.3. The van der Waals surface area contributed by atoms with Crippen molar-refractivity contribution in [2.24, 2.45) is 11.7 Å². The summed E-state index contributed by atoms with van der Waals surface area (Å²) in [5.74, 6) is 0.282. The summed E-state index contributed by atoms with van der Waals surface area (Å²) >= 11 is 11.9. The van der Waals surface area contributed by atoms with Gasteiger partial charge in [0.05, 0.1) is 41.3 Å². The van der Waals surface area contributed by atoms with Crippen LogP contribution in [0.5, 0.6) is 0 Å². The molecular weight excluding hydrogens is 1290 g/mol. The number of hydrogen-bond acceptors (Lipinski definition) is 18. The summed E-state index contributed by atoms with van der Waals surface area (Å²) < 4.78 is 38.8. The Balaban J connectivity index is 0.000000580. The Hall–Kier alpha value is -9.67. The lowest BCUT2D eigenvalue weighted by atomic mass is 10.0. The summed E-state index contributed by atoms with van der Waals surface area (Å²) in [6.45, 7) is 26.3. The Labute approximate surface area is 577 Å². The number of nitrogens with zero attached hydrogens (tertiary/aromatic N) is 6. The molecule has 97 heavy (non-hydrogen) atoms. The molecule has 522 valence electrons. The fraction of sp³-hybridized carbons (Fsp3) is 0.357. The van der Waals surface area contributed by atoms with Gasteiger partial charge in [0.25, 0.3) is 11.1 Å². The number of amidine groups is 1. The van der Waals surface area contributed by atoms with Gasteiger partial charge < -0.3 is 79.0 Å². The van der Waals surface area contributed by atoms with Gasteiger partial charge in [-0.1, -0.05) is 155 Å². The minimum atomic E-state index is -0.884. The molecule has 0 amide bonds. The molecular formula is C70H91Cl2N13O12. The van der Waals surface area contributed by atoms with Gasteiger partial charge in [-0.25, -0.2) is 42.7 Å². The number of fused-ring (bicyclic) bond motifs is 2. The number of ether oxygens (including phenoxy) is 8. The minimum absolute atomic E-state index is 0. The normalized spacial score (nSPS) is 11.4. The lowest BCUT2D eigenvalue weighted by molar-refractivity contribution is -0.156. The number of halogens is 2. The van der Waals surface area contributed by atoms with Gasteiger partial charge in [0.2, 0.25) is 0 Å². The number of benzene rings is 4. The van der Waals surface area contributed by atoms with E-state index in [9.17, 15) is 19.2 Å². The second-order valence-electron chi connectivity index (χ2n) is 20.2. The van der Waals surface area contributed by atoms with Crippen LogP contribution in [0.2, 0.25) is 5.15 Å². The second-order valence-corrected chi connectivity index (χ2v) is 21.2. The van der Waals surface area contributed by atoms with E-state index < -0.39 is 30.6 Å². The third-order valence-corrected chi connectivity index (χ3v) is 14.2. The summed E-state index contributed by atoms with van der Waals surface area (Å²) in [6, 6.07) is 37.1. The lowest BCUT2D eigenvalue weighted by Crippen LogP contribution is -2.36. The van der Waals surface area contributed by atoms with E-state index in [1.54, 1.807) is 34.3 Å². The Morgan fingerprint density at radius 1 is 0.639 bits per heavy atom. The smallest absolute Gasteiger partial charge is 0.390 e. The van der Waals surface area contributed by atoms with Gasteiger partial charge in [-0.2, -0.15) is 0 Å². The molecule has 9 rings (SSSR count). The number of nitrogens with two attached hydrogens (primary N) is 2. The van der Waals surface area contributed by atoms with Crippen LogP contribution in [0.1, 0.15) is 76.4 Å². The number of aromatic amines is 4. The minimum Gasteiger partial charge on any atom is -0.463 e. The molecule has 0 fully saturated rings. The van der Waals surface area contributed by atoms with E-state index in [0.29, 0.717) is 45.8 Å². The molecule has 0 spiro atoms. The van der Waals surface area contributed by atoms with Crippen LogP contribution in [0.25, 0.3) is 65.9 Å². The molecule has 0 saturated carbocycles. The van der Waals surface area contributed by atoms with E-state index in [1.165, 1.54) is 35.5 Å².